The largest absolute Gasteiger partial charge is 0.480 e. The Hall–Kier alpha value is -3.92. The number of nitrogens with one attached hydrogen (secondary N) is 3. The number of anilines is 1. The molecule has 0 saturated heterocycles. The normalized spacial score (nSPS) is 15.0. The van der Waals surface area contributed by atoms with E-state index in [1.165, 1.54) is 5.38 Å². The molecule has 3 atom stereocenters. The van der Waals surface area contributed by atoms with Crippen LogP contribution in [0.4, 0.5) is 5.13 Å². The number of amides is 2. The second-order valence-electron chi connectivity index (χ2n) is 8.59. The van der Waals surface area contributed by atoms with Crippen molar-refractivity contribution in [1.29, 1.82) is 0 Å². The van der Waals surface area contributed by atoms with Gasteiger partial charge in [-0.1, -0.05) is 5.16 Å². The summed E-state index contributed by atoms with van der Waals surface area (Å²) in [6.07, 6.45) is 0.270. The molecule has 2 amide bonds. The van der Waals surface area contributed by atoms with Gasteiger partial charge in [-0.25, -0.2) is 9.78 Å². The summed E-state index contributed by atoms with van der Waals surface area (Å²) in [5, 5.41) is 27.3. The zero-order chi connectivity index (χ0) is 30.8. The van der Waals surface area contributed by atoms with Gasteiger partial charge in [-0.15, -0.1) is 11.3 Å². The van der Waals surface area contributed by atoms with Gasteiger partial charge in [0.1, 0.15) is 17.8 Å². The Morgan fingerprint density at radius 1 is 1.25 bits per heavy atom. The lowest BCUT2D eigenvalue weighted by molar-refractivity contribution is -0.161. The van der Waals surface area contributed by atoms with Gasteiger partial charge in [-0.3, -0.25) is 29.2 Å². The highest BCUT2D eigenvalue weighted by Crippen LogP contribution is 2.15. The van der Waals surface area contributed by atoms with Crippen LogP contribution in [0.3, 0.4) is 0 Å². The second-order valence-corrected chi connectivity index (χ2v) is 10.7. The molecule has 19 nitrogen and oxygen atoms in total. The number of nitrogens with zero attached hydrogens (tertiary/aromatic N) is 3. The molecule has 1 rings (SSSR count). The Balaban J connectivity index is 3.22. The molecule has 0 aliphatic heterocycles. The fourth-order valence-corrected chi connectivity index (χ4v) is 3.76. The Morgan fingerprint density at radius 2 is 1.88 bits per heavy atom. The minimum atomic E-state index is -4.86. The molecule has 21 heteroatoms. The van der Waals surface area contributed by atoms with Gasteiger partial charge in [0.05, 0.1) is 6.04 Å². The molecule has 0 spiro atoms. The Kier molecular flexibility index (Phi) is 12.3. The Morgan fingerprint density at radius 3 is 2.38 bits per heavy atom. The summed E-state index contributed by atoms with van der Waals surface area (Å²) < 4.78 is 33.6. The molecule has 0 unspecified atom stereocenters. The predicted octanol–water partition coefficient (Wildman–Crippen LogP) is -2.80. The third-order valence-electron chi connectivity index (χ3n) is 4.79. The van der Waals surface area contributed by atoms with Crippen LogP contribution in [0.15, 0.2) is 15.5 Å². The monoisotopic (exact) mass is 609 g/mol. The fraction of sp³-hybridized carbons (Fsp3) is 0.526. The van der Waals surface area contributed by atoms with Crippen molar-refractivity contribution in [3.05, 3.63) is 11.1 Å². The van der Waals surface area contributed by atoms with E-state index in [1.807, 2.05) is 0 Å². The Labute approximate surface area is 232 Å². The lowest BCUT2D eigenvalue weighted by atomic mass is 10.1. The first-order valence-corrected chi connectivity index (χ1v) is 13.5. The van der Waals surface area contributed by atoms with Crippen LogP contribution < -0.4 is 32.6 Å². The zero-order valence-electron chi connectivity index (χ0n) is 21.5. The van der Waals surface area contributed by atoms with E-state index >= 15 is 0 Å². The second kappa shape index (κ2) is 14.5. The number of rotatable bonds is 15. The van der Waals surface area contributed by atoms with Crippen molar-refractivity contribution >= 4 is 62.2 Å². The molecule has 0 bridgehead atoms. The topological polar surface area (TPSA) is 324 Å². The number of carbonyl (C=O) groups is 4. The number of carbonyl (C=O) groups excluding carboxylic acids is 2. The van der Waals surface area contributed by atoms with E-state index < -0.39 is 69.5 Å². The van der Waals surface area contributed by atoms with E-state index in [0.717, 1.165) is 32.1 Å². The van der Waals surface area contributed by atoms with Crippen molar-refractivity contribution in [1.82, 2.24) is 20.3 Å². The summed E-state index contributed by atoms with van der Waals surface area (Å²) in [5.41, 5.74) is 14.0. The summed E-state index contributed by atoms with van der Waals surface area (Å²) in [7, 11) is -4.86. The molecule has 12 N–H and O–H groups in total. The lowest BCUT2D eigenvalue weighted by Crippen LogP contribution is -2.60. The third kappa shape index (κ3) is 11.4. The molecule has 0 fully saturated rings. The van der Waals surface area contributed by atoms with Gasteiger partial charge in [0.25, 0.3) is 11.8 Å². The van der Waals surface area contributed by atoms with E-state index in [0.29, 0.717) is 0 Å². The number of hydrogen-bond donors (Lipinski definition) is 9. The van der Waals surface area contributed by atoms with Crippen LogP contribution in [0.1, 0.15) is 39.3 Å². The van der Waals surface area contributed by atoms with Crippen LogP contribution in [0.25, 0.3) is 0 Å². The predicted molar refractivity (Wildman–Crippen MR) is 141 cm³/mol. The summed E-state index contributed by atoms with van der Waals surface area (Å²) in [6, 6.07) is -4.37. The number of aliphatic carboxylic acids is 2. The number of carboxylic acid groups (broad SMARTS) is 2. The lowest BCUT2D eigenvalue weighted by Gasteiger charge is -2.24. The van der Waals surface area contributed by atoms with Gasteiger partial charge in [-0.2, -0.15) is 13.1 Å². The molecule has 0 aliphatic carbocycles. The van der Waals surface area contributed by atoms with E-state index in [-0.39, 0.29) is 30.2 Å². The van der Waals surface area contributed by atoms with Crippen LogP contribution in [0.5, 0.6) is 0 Å². The average molecular weight is 610 g/mol. The van der Waals surface area contributed by atoms with Gasteiger partial charge >= 0.3 is 22.2 Å². The Bertz CT molecular complexity index is 1260. The minimum Gasteiger partial charge on any atom is -0.480 e. The number of nitrogens with two attached hydrogens (primary N) is 3. The molecule has 1 aromatic rings. The highest BCUT2D eigenvalue weighted by Gasteiger charge is 2.34. The van der Waals surface area contributed by atoms with Crippen LogP contribution in [0, 0.1) is 0 Å². The van der Waals surface area contributed by atoms with E-state index in [9.17, 15) is 37.3 Å². The fourth-order valence-electron chi connectivity index (χ4n) is 2.61. The van der Waals surface area contributed by atoms with Crippen molar-refractivity contribution in [2.75, 3.05) is 12.3 Å². The van der Waals surface area contributed by atoms with Crippen molar-refractivity contribution in [2.45, 2.75) is 57.3 Å². The van der Waals surface area contributed by atoms with Crippen molar-refractivity contribution in [2.24, 2.45) is 21.6 Å². The molecule has 0 radical (unpaired) electrons. The molecule has 1 aromatic heterocycles. The van der Waals surface area contributed by atoms with Gasteiger partial charge in [0.15, 0.2) is 16.8 Å². The minimum absolute atomic E-state index is 0.0111. The average Bonchev–Trinajstić information content (AvgIpc) is 3.24. The number of oxime groups is 1. The summed E-state index contributed by atoms with van der Waals surface area (Å²) in [4.78, 5) is 60.9. The molecule has 40 heavy (non-hydrogen) atoms. The standard InChI is InChI=1S/C19H31N9O10S2/c1-8(28-40(35,36)37)11(13(29)26-17(21)23-6-4-5-9(20)15(31)32)25-14(30)12(10-7-39-18(22)24-10)27-38-19(2,3)16(33)34/h7-9,11,28H,4-6,20H2,1-3H3,(H2,22,24)(H,25,30)(H,31,32)(H,33,34)(H,35,36,37)(H3,21,23,26,29)/b27-12-/t8-,9-,11+/m0/s1. The zero-order valence-corrected chi connectivity index (χ0v) is 23.2. The number of nitrogen functional groups attached to an aromatic ring is 1. The third-order valence-corrected chi connectivity index (χ3v) is 6.13. The number of thiazole rings is 1. The molecule has 1 heterocycles. The van der Waals surface area contributed by atoms with E-state index in [2.05, 4.69) is 25.8 Å². The van der Waals surface area contributed by atoms with Crippen LogP contribution in [-0.4, -0.2) is 93.9 Å². The summed E-state index contributed by atoms with van der Waals surface area (Å²) in [6.45, 7) is 3.40. The highest BCUT2D eigenvalue weighted by molar-refractivity contribution is 7.83. The first-order chi connectivity index (χ1) is 18.3. The van der Waals surface area contributed by atoms with E-state index in [1.54, 1.807) is 4.72 Å². The SMILES string of the molecule is C[C@H](NS(=O)(=O)O)[C@@H](NC(=O)/C(=N\OC(C)(C)C(=O)O)c1csc(N)n1)C(=O)NC(N)=NCCC[C@H](N)C(=O)O. The number of aliphatic imine (C=N–C) groups is 1. The molecule has 0 aromatic carbocycles. The molecule has 0 saturated carbocycles. The maximum Gasteiger partial charge on any atom is 0.350 e. The summed E-state index contributed by atoms with van der Waals surface area (Å²) in [5.74, 6) is -5.35. The van der Waals surface area contributed by atoms with Crippen LogP contribution in [-0.2, 0) is 34.3 Å². The molecule has 0 aliphatic rings. The quantitative estimate of drug-likeness (QED) is 0.0319. The van der Waals surface area contributed by atoms with Gasteiger partial charge in [0, 0.05) is 11.9 Å². The smallest absolute Gasteiger partial charge is 0.350 e. The van der Waals surface area contributed by atoms with Crippen molar-refractivity contribution < 1.29 is 47.2 Å². The van der Waals surface area contributed by atoms with Crippen molar-refractivity contribution in [3.63, 3.8) is 0 Å². The number of hydrogen-bond acceptors (Lipinski definition) is 13. The first kappa shape index (κ1) is 34.1. The van der Waals surface area contributed by atoms with Crippen LogP contribution >= 0.6 is 11.3 Å². The number of carboxylic acids is 2. The maximum atomic E-state index is 13.2. The molecular formula is C19H31N9O10S2. The maximum absolute atomic E-state index is 13.2. The van der Waals surface area contributed by atoms with E-state index in [4.69, 9.17) is 27.1 Å². The van der Waals surface area contributed by atoms with Gasteiger partial charge in [-0.05, 0) is 33.6 Å². The molecular weight excluding hydrogens is 578 g/mol. The molecule has 224 valence electrons. The highest BCUT2D eigenvalue weighted by atomic mass is 32.2. The summed E-state index contributed by atoms with van der Waals surface area (Å²) >= 11 is 0.908. The number of guanidine groups is 1. The first-order valence-electron chi connectivity index (χ1n) is 11.2. The van der Waals surface area contributed by atoms with Crippen molar-refractivity contribution in [3.8, 4) is 0 Å². The van der Waals surface area contributed by atoms with Gasteiger partial charge in [0.2, 0.25) is 5.60 Å². The van der Waals surface area contributed by atoms with Gasteiger partial charge < -0.3 is 37.6 Å². The number of aromatic nitrogens is 1. The van der Waals surface area contributed by atoms with Crippen LogP contribution in [0.2, 0.25) is 0 Å².